The predicted molar refractivity (Wildman–Crippen MR) is 91.4 cm³/mol. The molecular weight excluding hydrogens is 240 g/mol. The van der Waals surface area contributed by atoms with E-state index in [1.54, 1.807) is 5.56 Å². The molecule has 0 spiro atoms. The summed E-state index contributed by atoms with van der Waals surface area (Å²) in [6, 6.07) is 9.22. The molecule has 1 aromatic rings. The molecule has 0 heterocycles. The van der Waals surface area contributed by atoms with E-state index in [0.717, 1.165) is 5.92 Å². The molecule has 0 amide bonds. The molecule has 0 aliphatic carbocycles. The highest BCUT2D eigenvalue weighted by molar-refractivity contribution is 5.24. The monoisotopic (exact) mass is 274 g/mol. The average Bonchev–Trinajstić information content (AvgIpc) is 2.46. The molecule has 1 unspecified atom stereocenters. The number of rotatable bonds is 11. The molecule has 0 bridgehead atoms. The van der Waals surface area contributed by atoms with Gasteiger partial charge in [-0.2, -0.15) is 0 Å². The molecule has 1 aromatic carbocycles. The van der Waals surface area contributed by atoms with Gasteiger partial charge in [0.15, 0.2) is 0 Å². The first-order valence-electron chi connectivity index (χ1n) is 8.84. The Morgan fingerprint density at radius 1 is 0.700 bits per heavy atom. The van der Waals surface area contributed by atoms with Gasteiger partial charge in [0.25, 0.3) is 0 Å². The van der Waals surface area contributed by atoms with E-state index >= 15 is 0 Å². The van der Waals surface area contributed by atoms with Crippen LogP contribution in [0.25, 0.3) is 0 Å². The maximum absolute atomic E-state index is 2.34. The maximum Gasteiger partial charge on any atom is -0.0162 e. The number of benzene rings is 1. The summed E-state index contributed by atoms with van der Waals surface area (Å²) in [5.41, 5.74) is 2.93. The SMILES string of the molecule is CCCCCCCCCC(CCC)c1ccc(C)cc1. The van der Waals surface area contributed by atoms with Gasteiger partial charge in [-0.05, 0) is 31.2 Å². The van der Waals surface area contributed by atoms with Crippen LogP contribution >= 0.6 is 0 Å². The van der Waals surface area contributed by atoms with Crippen molar-refractivity contribution in [3.05, 3.63) is 35.4 Å². The Labute approximate surface area is 127 Å². The lowest BCUT2D eigenvalue weighted by molar-refractivity contribution is 0.509. The fourth-order valence-corrected chi connectivity index (χ4v) is 3.01. The summed E-state index contributed by atoms with van der Waals surface area (Å²) >= 11 is 0. The highest BCUT2D eigenvalue weighted by Crippen LogP contribution is 2.27. The van der Waals surface area contributed by atoms with Crippen molar-refractivity contribution in [1.82, 2.24) is 0 Å². The van der Waals surface area contributed by atoms with Crippen molar-refractivity contribution in [1.29, 1.82) is 0 Å². The number of hydrogen-bond donors (Lipinski definition) is 0. The molecule has 0 aromatic heterocycles. The molecule has 0 saturated heterocycles. The fourth-order valence-electron chi connectivity index (χ4n) is 3.01. The third-order valence-corrected chi connectivity index (χ3v) is 4.34. The first-order valence-corrected chi connectivity index (χ1v) is 8.84. The smallest absolute Gasteiger partial charge is 0.0162 e. The minimum absolute atomic E-state index is 0.788. The van der Waals surface area contributed by atoms with Crippen LogP contribution in [0.4, 0.5) is 0 Å². The van der Waals surface area contributed by atoms with Gasteiger partial charge in [-0.3, -0.25) is 0 Å². The van der Waals surface area contributed by atoms with Gasteiger partial charge in [0.2, 0.25) is 0 Å². The largest absolute Gasteiger partial charge is 0.0654 e. The lowest BCUT2D eigenvalue weighted by Gasteiger charge is -2.17. The minimum Gasteiger partial charge on any atom is -0.0654 e. The van der Waals surface area contributed by atoms with Crippen molar-refractivity contribution >= 4 is 0 Å². The van der Waals surface area contributed by atoms with E-state index in [4.69, 9.17) is 0 Å². The van der Waals surface area contributed by atoms with Crippen LogP contribution < -0.4 is 0 Å². The van der Waals surface area contributed by atoms with Crippen LogP contribution in [0.15, 0.2) is 24.3 Å². The van der Waals surface area contributed by atoms with Crippen LogP contribution in [0, 0.1) is 6.92 Å². The molecule has 0 radical (unpaired) electrons. The van der Waals surface area contributed by atoms with Gasteiger partial charge in [0, 0.05) is 0 Å². The normalized spacial score (nSPS) is 12.6. The second-order valence-corrected chi connectivity index (χ2v) is 6.31. The van der Waals surface area contributed by atoms with Crippen molar-refractivity contribution in [2.75, 3.05) is 0 Å². The lowest BCUT2D eigenvalue weighted by Crippen LogP contribution is -1.99. The topological polar surface area (TPSA) is 0 Å². The second-order valence-electron chi connectivity index (χ2n) is 6.31. The molecule has 1 atom stereocenters. The summed E-state index contributed by atoms with van der Waals surface area (Å²) in [6.07, 6.45) is 13.9. The Balaban J connectivity index is 2.27. The second kappa shape index (κ2) is 10.9. The van der Waals surface area contributed by atoms with Crippen molar-refractivity contribution in [3.8, 4) is 0 Å². The number of unbranched alkanes of at least 4 members (excludes halogenated alkanes) is 6. The van der Waals surface area contributed by atoms with Gasteiger partial charge in [-0.15, -0.1) is 0 Å². The van der Waals surface area contributed by atoms with Crippen LogP contribution in [-0.2, 0) is 0 Å². The van der Waals surface area contributed by atoms with E-state index in [9.17, 15) is 0 Å². The predicted octanol–water partition coefficient (Wildman–Crippen LogP) is 7.02. The molecule has 0 heteroatoms. The number of hydrogen-bond acceptors (Lipinski definition) is 0. The molecule has 1 rings (SSSR count). The number of aryl methyl sites for hydroxylation is 1. The van der Waals surface area contributed by atoms with E-state index in [1.807, 2.05) is 0 Å². The Kier molecular flexibility index (Phi) is 9.45. The van der Waals surface area contributed by atoms with Gasteiger partial charge in [-0.1, -0.05) is 95.0 Å². The Bertz CT molecular complexity index is 322. The van der Waals surface area contributed by atoms with Gasteiger partial charge in [0.05, 0.1) is 0 Å². The fraction of sp³-hybridized carbons (Fsp3) is 0.700. The summed E-state index contributed by atoms with van der Waals surface area (Å²) in [6.45, 7) is 6.78. The van der Waals surface area contributed by atoms with E-state index in [0.29, 0.717) is 0 Å². The molecule has 0 fully saturated rings. The van der Waals surface area contributed by atoms with E-state index in [-0.39, 0.29) is 0 Å². The molecule has 114 valence electrons. The van der Waals surface area contributed by atoms with Crippen molar-refractivity contribution in [2.24, 2.45) is 0 Å². The zero-order valence-electron chi connectivity index (χ0n) is 14.0. The average molecular weight is 274 g/mol. The Hall–Kier alpha value is -0.780. The van der Waals surface area contributed by atoms with Crippen LogP contribution in [0.3, 0.4) is 0 Å². The van der Waals surface area contributed by atoms with Crippen LogP contribution in [0.1, 0.15) is 95.1 Å². The minimum atomic E-state index is 0.788. The Morgan fingerprint density at radius 3 is 1.90 bits per heavy atom. The summed E-state index contributed by atoms with van der Waals surface area (Å²) < 4.78 is 0. The van der Waals surface area contributed by atoms with Crippen molar-refractivity contribution in [2.45, 2.75) is 90.9 Å². The van der Waals surface area contributed by atoms with Crippen molar-refractivity contribution < 1.29 is 0 Å². The molecule has 0 aliphatic rings. The van der Waals surface area contributed by atoms with Gasteiger partial charge in [0.1, 0.15) is 0 Å². The van der Waals surface area contributed by atoms with E-state index < -0.39 is 0 Å². The van der Waals surface area contributed by atoms with Gasteiger partial charge in [-0.25, -0.2) is 0 Å². The Morgan fingerprint density at radius 2 is 1.30 bits per heavy atom. The van der Waals surface area contributed by atoms with Crippen LogP contribution in [0.5, 0.6) is 0 Å². The molecular formula is C20H34. The third-order valence-electron chi connectivity index (χ3n) is 4.34. The molecule has 0 aliphatic heterocycles. The zero-order valence-corrected chi connectivity index (χ0v) is 14.0. The lowest BCUT2D eigenvalue weighted by atomic mass is 9.89. The quantitative estimate of drug-likeness (QED) is 0.380. The van der Waals surface area contributed by atoms with E-state index in [1.165, 1.54) is 69.8 Å². The molecule has 0 saturated carbocycles. The molecule has 0 nitrogen and oxygen atoms in total. The van der Waals surface area contributed by atoms with E-state index in [2.05, 4.69) is 45.0 Å². The van der Waals surface area contributed by atoms with Crippen LogP contribution in [0.2, 0.25) is 0 Å². The molecule has 20 heavy (non-hydrogen) atoms. The first kappa shape index (κ1) is 17.3. The highest BCUT2D eigenvalue weighted by atomic mass is 14.1. The zero-order chi connectivity index (χ0) is 14.6. The van der Waals surface area contributed by atoms with Crippen molar-refractivity contribution in [3.63, 3.8) is 0 Å². The highest BCUT2D eigenvalue weighted by Gasteiger charge is 2.09. The standard InChI is InChI=1S/C20H34/c1-4-6-7-8-9-10-11-13-19(12-5-2)20-16-14-18(3)15-17-20/h14-17,19H,4-13H2,1-3H3. The first-order chi connectivity index (χ1) is 9.77. The summed E-state index contributed by atoms with van der Waals surface area (Å²) in [5, 5.41) is 0. The third kappa shape index (κ3) is 7.12. The molecule has 0 N–H and O–H groups in total. The summed E-state index contributed by atoms with van der Waals surface area (Å²) in [7, 11) is 0. The van der Waals surface area contributed by atoms with Crippen LogP contribution in [-0.4, -0.2) is 0 Å². The van der Waals surface area contributed by atoms with Gasteiger partial charge < -0.3 is 0 Å². The van der Waals surface area contributed by atoms with Gasteiger partial charge >= 0.3 is 0 Å². The summed E-state index contributed by atoms with van der Waals surface area (Å²) in [5.74, 6) is 0.788. The summed E-state index contributed by atoms with van der Waals surface area (Å²) in [4.78, 5) is 0. The maximum atomic E-state index is 2.34.